The monoisotopic (exact) mass is 417 g/mol. The van der Waals surface area contributed by atoms with Crippen LogP contribution >= 0.6 is 0 Å². The van der Waals surface area contributed by atoms with Gasteiger partial charge in [-0.25, -0.2) is 18.2 Å². The van der Waals surface area contributed by atoms with Crippen LogP contribution in [0.15, 0.2) is 41.5 Å². The number of pyridine rings is 1. The molecule has 1 aliphatic heterocycles. The SMILES string of the molecule is CC[C@]1(c2cc(NC(=O)c3ccc(C#N)cn3)ccc2F)N=C(N)COCC1(F)F. The topological polar surface area (TPSA) is 113 Å². The molecule has 0 radical (unpaired) electrons. The average Bonchev–Trinajstić information content (AvgIpc) is 2.84. The van der Waals surface area contributed by atoms with Crippen molar-refractivity contribution < 1.29 is 22.7 Å². The van der Waals surface area contributed by atoms with Crippen LogP contribution in [-0.4, -0.2) is 35.9 Å². The van der Waals surface area contributed by atoms with Crippen molar-refractivity contribution in [2.24, 2.45) is 10.7 Å². The third kappa shape index (κ3) is 3.84. The summed E-state index contributed by atoms with van der Waals surface area (Å²) >= 11 is 0. The fraction of sp³-hybridized carbons (Fsp3) is 0.300. The lowest BCUT2D eigenvalue weighted by Crippen LogP contribution is -2.47. The van der Waals surface area contributed by atoms with Gasteiger partial charge in [0.1, 0.15) is 36.6 Å². The number of benzene rings is 1. The number of anilines is 1. The quantitative estimate of drug-likeness (QED) is 0.794. The van der Waals surface area contributed by atoms with Gasteiger partial charge in [0.05, 0.1) is 5.56 Å². The Morgan fingerprint density at radius 1 is 1.37 bits per heavy atom. The van der Waals surface area contributed by atoms with Crippen LogP contribution in [0.3, 0.4) is 0 Å². The van der Waals surface area contributed by atoms with Crippen LogP contribution in [-0.2, 0) is 10.3 Å². The second-order valence-corrected chi connectivity index (χ2v) is 6.71. The number of hydrogen-bond donors (Lipinski definition) is 2. The number of nitrogens with one attached hydrogen (secondary N) is 1. The second-order valence-electron chi connectivity index (χ2n) is 6.71. The molecule has 0 saturated carbocycles. The summed E-state index contributed by atoms with van der Waals surface area (Å²) in [5.41, 5.74) is 3.33. The Morgan fingerprint density at radius 2 is 2.13 bits per heavy atom. The molecular weight excluding hydrogens is 399 g/mol. The minimum atomic E-state index is -3.54. The summed E-state index contributed by atoms with van der Waals surface area (Å²) in [7, 11) is 0. The van der Waals surface area contributed by atoms with Crippen LogP contribution in [0.5, 0.6) is 0 Å². The van der Waals surface area contributed by atoms with Crippen LogP contribution < -0.4 is 11.1 Å². The molecule has 7 nitrogen and oxygen atoms in total. The molecule has 0 saturated heterocycles. The molecule has 156 valence electrons. The summed E-state index contributed by atoms with van der Waals surface area (Å²) in [5, 5.41) is 11.3. The molecule has 1 aliphatic rings. The summed E-state index contributed by atoms with van der Waals surface area (Å²) in [6, 6.07) is 7.95. The number of amidine groups is 1. The minimum Gasteiger partial charge on any atom is -0.385 e. The normalized spacial score (nSPS) is 20.6. The number of nitrogens with two attached hydrogens (primary N) is 1. The lowest BCUT2D eigenvalue weighted by molar-refractivity contribution is -0.123. The van der Waals surface area contributed by atoms with Crippen LogP contribution in [0.2, 0.25) is 0 Å². The fourth-order valence-corrected chi connectivity index (χ4v) is 3.26. The smallest absolute Gasteiger partial charge is 0.299 e. The second kappa shape index (κ2) is 8.12. The number of aromatic nitrogens is 1. The molecule has 0 unspecified atom stereocenters. The summed E-state index contributed by atoms with van der Waals surface area (Å²) in [5.74, 6) is -5.28. The molecule has 0 fully saturated rings. The maximum atomic E-state index is 15.0. The number of ether oxygens (including phenoxy) is 1. The van der Waals surface area contributed by atoms with E-state index in [-0.39, 0.29) is 35.8 Å². The van der Waals surface area contributed by atoms with Gasteiger partial charge in [0.2, 0.25) is 0 Å². The predicted octanol–water partition coefficient (Wildman–Crippen LogP) is 2.97. The van der Waals surface area contributed by atoms with Gasteiger partial charge in [-0.1, -0.05) is 6.92 Å². The Morgan fingerprint density at radius 3 is 2.77 bits per heavy atom. The Bertz CT molecular complexity index is 1030. The standard InChI is InChI=1S/C20H18F3N5O2/c1-2-19(20(22,23)11-30-10-17(25)28-19)14-7-13(4-5-15(14)21)27-18(29)16-6-3-12(8-24)9-26-16/h3-7,9H,2,10-11H2,1H3,(H2,25,28)(H,27,29)/t19-/m1/s1. The van der Waals surface area contributed by atoms with E-state index in [2.05, 4.69) is 15.3 Å². The number of carbonyl (C=O) groups is 1. The lowest BCUT2D eigenvalue weighted by Gasteiger charge is -2.36. The lowest BCUT2D eigenvalue weighted by atomic mass is 9.81. The number of aliphatic imine (C=N–C) groups is 1. The molecule has 1 aromatic carbocycles. The number of alkyl halides is 2. The van der Waals surface area contributed by atoms with Gasteiger partial charge in [-0.15, -0.1) is 0 Å². The Labute approximate surface area is 170 Å². The zero-order valence-electron chi connectivity index (χ0n) is 16.0. The van der Waals surface area contributed by atoms with E-state index in [0.29, 0.717) is 0 Å². The highest BCUT2D eigenvalue weighted by molar-refractivity contribution is 6.02. The molecule has 3 rings (SSSR count). The molecule has 30 heavy (non-hydrogen) atoms. The Hall–Kier alpha value is -3.45. The van der Waals surface area contributed by atoms with Gasteiger partial charge >= 0.3 is 0 Å². The third-order valence-electron chi connectivity index (χ3n) is 4.78. The van der Waals surface area contributed by atoms with Crippen molar-refractivity contribution in [3.63, 3.8) is 0 Å². The maximum absolute atomic E-state index is 15.0. The van der Waals surface area contributed by atoms with E-state index in [0.717, 1.165) is 12.1 Å². The molecule has 0 bridgehead atoms. The zero-order valence-corrected chi connectivity index (χ0v) is 16.0. The first-order valence-corrected chi connectivity index (χ1v) is 8.99. The van der Waals surface area contributed by atoms with Crippen LogP contribution in [0.1, 0.15) is 35.0 Å². The summed E-state index contributed by atoms with van der Waals surface area (Å²) < 4.78 is 49.5. The van der Waals surface area contributed by atoms with Gasteiger partial charge in [-0.3, -0.25) is 9.79 Å². The molecule has 0 aliphatic carbocycles. The molecule has 3 N–H and O–H groups in total. The number of halogens is 3. The van der Waals surface area contributed by atoms with E-state index in [1.165, 1.54) is 31.3 Å². The van der Waals surface area contributed by atoms with Gasteiger partial charge in [0.15, 0.2) is 5.54 Å². The van der Waals surface area contributed by atoms with E-state index in [9.17, 15) is 18.0 Å². The van der Waals surface area contributed by atoms with Crippen molar-refractivity contribution >= 4 is 17.4 Å². The average molecular weight is 417 g/mol. The third-order valence-corrected chi connectivity index (χ3v) is 4.78. The van der Waals surface area contributed by atoms with Gasteiger partial charge in [-0.2, -0.15) is 5.26 Å². The van der Waals surface area contributed by atoms with E-state index in [1.807, 2.05) is 6.07 Å². The van der Waals surface area contributed by atoms with Crippen LogP contribution in [0.25, 0.3) is 0 Å². The number of nitrogens with zero attached hydrogens (tertiary/aromatic N) is 3. The first-order valence-electron chi connectivity index (χ1n) is 8.99. The Balaban J connectivity index is 2.00. The van der Waals surface area contributed by atoms with E-state index in [1.54, 1.807) is 0 Å². The van der Waals surface area contributed by atoms with Crippen molar-refractivity contribution in [2.75, 3.05) is 18.5 Å². The van der Waals surface area contributed by atoms with E-state index >= 15 is 0 Å². The maximum Gasteiger partial charge on any atom is 0.299 e. The van der Waals surface area contributed by atoms with E-state index in [4.69, 9.17) is 15.7 Å². The van der Waals surface area contributed by atoms with Gasteiger partial charge in [0, 0.05) is 17.4 Å². The molecule has 1 amide bonds. The van der Waals surface area contributed by atoms with Gasteiger partial charge in [-0.05, 0) is 36.8 Å². The van der Waals surface area contributed by atoms with Crippen molar-refractivity contribution in [2.45, 2.75) is 24.8 Å². The summed E-state index contributed by atoms with van der Waals surface area (Å²) in [4.78, 5) is 20.2. The van der Waals surface area contributed by atoms with Crippen LogP contribution in [0.4, 0.5) is 18.9 Å². The molecule has 0 spiro atoms. The predicted molar refractivity (Wildman–Crippen MR) is 103 cm³/mol. The number of rotatable bonds is 4. The molecule has 2 aromatic rings. The first-order chi connectivity index (χ1) is 14.2. The van der Waals surface area contributed by atoms with Crippen molar-refractivity contribution in [1.29, 1.82) is 5.26 Å². The van der Waals surface area contributed by atoms with Gasteiger partial charge < -0.3 is 15.8 Å². The molecule has 1 atom stereocenters. The summed E-state index contributed by atoms with van der Waals surface area (Å²) in [6.45, 7) is 0.178. The van der Waals surface area contributed by atoms with Crippen molar-refractivity contribution in [1.82, 2.24) is 4.98 Å². The van der Waals surface area contributed by atoms with Crippen molar-refractivity contribution in [3.05, 3.63) is 59.2 Å². The number of carbonyl (C=O) groups excluding carboxylic acids is 1. The first kappa shape index (κ1) is 21.3. The highest BCUT2D eigenvalue weighted by Gasteiger charge is 2.56. The zero-order chi connectivity index (χ0) is 21.9. The summed E-state index contributed by atoms with van der Waals surface area (Å²) in [6.07, 6.45) is 0.968. The highest BCUT2D eigenvalue weighted by atomic mass is 19.3. The molecule has 2 heterocycles. The molecule has 1 aromatic heterocycles. The molecule has 10 heteroatoms. The number of nitriles is 1. The molecular formula is C20H18F3N5O2. The number of hydrogen-bond acceptors (Lipinski definition) is 6. The van der Waals surface area contributed by atoms with Crippen LogP contribution in [0, 0.1) is 17.1 Å². The minimum absolute atomic E-state index is 0.000501. The fourth-order valence-electron chi connectivity index (χ4n) is 3.26. The van der Waals surface area contributed by atoms with E-state index < -0.39 is 35.4 Å². The number of amides is 1. The van der Waals surface area contributed by atoms with Gasteiger partial charge in [0.25, 0.3) is 11.8 Å². The highest BCUT2D eigenvalue weighted by Crippen LogP contribution is 2.46. The van der Waals surface area contributed by atoms with Crippen molar-refractivity contribution in [3.8, 4) is 6.07 Å². The largest absolute Gasteiger partial charge is 0.385 e. The Kier molecular flexibility index (Phi) is 5.75.